The molecule has 0 aromatic heterocycles. The van der Waals surface area contributed by atoms with Crippen molar-refractivity contribution in [1.82, 2.24) is 9.80 Å². The fourth-order valence-corrected chi connectivity index (χ4v) is 1.13. The van der Waals surface area contributed by atoms with Crippen LogP contribution in [-0.4, -0.2) is 42.6 Å². The second-order valence-electron chi connectivity index (χ2n) is 2.75. The summed E-state index contributed by atoms with van der Waals surface area (Å²) in [5.74, 6) is 0. The molecule has 13 heavy (non-hydrogen) atoms. The molecule has 0 saturated carbocycles. The smallest absolute Gasteiger partial charge is 0.0505 e. The Morgan fingerprint density at radius 2 is 0.846 bits per heavy atom. The topological polar surface area (TPSA) is 6.48 Å². The summed E-state index contributed by atoms with van der Waals surface area (Å²) in [4.78, 5) is 4.88. The molecule has 0 aromatic rings. The van der Waals surface area contributed by atoms with Crippen LogP contribution in [0.5, 0.6) is 0 Å². The van der Waals surface area contributed by atoms with E-state index in [2.05, 4.69) is 37.5 Å². The van der Waals surface area contributed by atoms with Gasteiger partial charge in [0.25, 0.3) is 0 Å². The molecule has 0 aromatic carbocycles. The highest BCUT2D eigenvalue weighted by molar-refractivity contribution is 4.53. The lowest BCUT2D eigenvalue weighted by Crippen LogP contribution is -2.37. The molecule has 0 aliphatic carbocycles. The molecule has 2 heteroatoms. The van der Waals surface area contributed by atoms with Gasteiger partial charge in [-0.05, 0) is 26.2 Å². The molecule has 84 valence electrons. The molecule has 0 saturated heterocycles. The predicted molar refractivity (Wildman–Crippen MR) is 64.2 cm³/mol. The van der Waals surface area contributed by atoms with Crippen LogP contribution < -0.4 is 0 Å². The van der Waals surface area contributed by atoms with E-state index in [1.165, 1.54) is 0 Å². The molecule has 0 aliphatic heterocycles. The zero-order valence-corrected chi connectivity index (χ0v) is 8.43. The third-order valence-corrected chi connectivity index (χ3v) is 2.19. The lowest BCUT2D eigenvalue weighted by molar-refractivity contribution is 0.152. The summed E-state index contributed by atoms with van der Waals surface area (Å²) in [7, 11) is 0. The van der Waals surface area contributed by atoms with E-state index in [9.17, 15) is 0 Å². The summed E-state index contributed by atoms with van der Waals surface area (Å²) in [6, 6.07) is 0. The maximum Gasteiger partial charge on any atom is 0.0505 e. The molecule has 0 aliphatic rings. The largest absolute Gasteiger partial charge is 0.291 e. The second-order valence-corrected chi connectivity index (χ2v) is 2.75. The number of hydrogen-bond acceptors (Lipinski definition) is 2. The highest BCUT2D eigenvalue weighted by Crippen LogP contribution is 1.92. The number of nitrogens with zero attached hydrogens (tertiary/aromatic N) is 2. The van der Waals surface area contributed by atoms with Gasteiger partial charge in [-0.1, -0.05) is 42.5 Å². The minimum absolute atomic E-state index is 0. The van der Waals surface area contributed by atoms with E-state index in [-0.39, 0.29) is 14.9 Å². The second kappa shape index (κ2) is 11.9. The Labute approximate surface area is 85.9 Å². The molecule has 0 N–H and O–H groups in total. The van der Waals surface area contributed by atoms with Crippen LogP contribution in [0.15, 0.2) is 0 Å². The van der Waals surface area contributed by atoms with Gasteiger partial charge in [0.05, 0.1) is 6.67 Å². The Balaban J connectivity index is -0.000000500. The van der Waals surface area contributed by atoms with Crippen molar-refractivity contribution in [3.63, 3.8) is 0 Å². The van der Waals surface area contributed by atoms with Crippen molar-refractivity contribution in [2.45, 2.75) is 42.5 Å². The van der Waals surface area contributed by atoms with E-state index in [4.69, 9.17) is 0 Å². The predicted octanol–water partition coefficient (Wildman–Crippen LogP) is 2.90. The zero-order valence-electron chi connectivity index (χ0n) is 8.43. The maximum absolute atomic E-state index is 2.44. The quantitative estimate of drug-likeness (QED) is 0.594. The SMILES string of the molecule is C.C.CCN(CC)CN(CC)CC. The molecular formula is C11H30N2. The van der Waals surface area contributed by atoms with Crippen LogP contribution in [0.25, 0.3) is 0 Å². The van der Waals surface area contributed by atoms with E-state index < -0.39 is 0 Å². The van der Waals surface area contributed by atoms with Crippen molar-refractivity contribution in [2.24, 2.45) is 0 Å². The summed E-state index contributed by atoms with van der Waals surface area (Å²) in [5.41, 5.74) is 0. The lowest BCUT2D eigenvalue weighted by Gasteiger charge is -2.26. The first-order valence-electron chi connectivity index (χ1n) is 4.73. The van der Waals surface area contributed by atoms with E-state index in [0.29, 0.717) is 0 Å². The Morgan fingerprint density at radius 3 is 1.00 bits per heavy atom. The number of hydrogen-bond donors (Lipinski definition) is 0. The molecule has 0 spiro atoms. The Morgan fingerprint density at radius 1 is 0.615 bits per heavy atom. The fraction of sp³-hybridized carbons (Fsp3) is 1.00. The molecule has 0 rings (SSSR count). The van der Waals surface area contributed by atoms with Crippen molar-refractivity contribution in [3.8, 4) is 0 Å². The average Bonchev–Trinajstić information content (AvgIpc) is 2.07. The third-order valence-electron chi connectivity index (χ3n) is 2.19. The first-order valence-corrected chi connectivity index (χ1v) is 4.73. The van der Waals surface area contributed by atoms with Crippen LogP contribution in [-0.2, 0) is 0 Å². The van der Waals surface area contributed by atoms with Gasteiger partial charge in [0.2, 0.25) is 0 Å². The molecule has 0 amide bonds. The summed E-state index contributed by atoms with van der Waals surface area (Å²) in [6.07, 6.45) is 0. The van der Waals surface area contributed by atoms with E-state index in [1.54, 1.807) is 0 Å². The van der Waals surface area contributed by atoms with Gasteiger partial charge in [0.1, 0.15) is 0 Å². The summed E-state index contributed by atoms with van der Waals surface area (Å²) >= 11 is 0. The molecule has 0 atom stereocenters. The van der Waals surface area contributed by atoms with Crippen molar-refractivity contribution in [1.29, 1.82) is 0 Å². The van der Waals surface area contributed by atoms with E-state index >= 15 is 0 Å². The van der Waals surface area contributed by atoms with Crippen LogP contribution in [0.4, 0.5) is 0 Å². The monoisotopic (exact) mass is 190 g/mol. The standard InChI is InChI=1S/C9H22N2.2CH4/c1-5-10(6-2)9-11(7-3)8-4;;/h5-9H2,1-4H3;2*1H4. The van der Waals surface area contributed by atoms with Crippen LogP contribution in [0, 0.1) is 0 Å². The molecule has 0 fully saturated rings. The maximum atomic E-state index is 2.44. The molecule has 2 nitrogen and oxygen atoms in total. The normalized spacial score (nSPS) is 9.69. The molecule has 0 bridgehead atoms. The Hall–Kier alpha value is -0.0800. The first kappa shape index (κ1) is 18.7. The van der Waals surface area contributed by atoms with Gasteiger partial charge in [0, 0.05) is 0 Å². The van der Waals surface area contributed by atoms with E-state index in [0.717, 1.165) is 32.8 Å². The van der Waals surface area contributed by atoms with Crippen LogP contribution in [0.2, 0.25) is 0 Å². The molecule has 0 radical (unpaired) electrons. The van der Waals surface area contributed by atoms with E-state index in [1.807, 2.05) is 0 Å². The van der Waals surface area contributed by atoms with Gasteiger partial charge in [-0.2, -0.15) is 0 Å². The van der Waals surface area contributed by atoms with Crippen LogP contribution in [0.1, 0.15) is 42.5 Å². The third kappa shape index (κ3) is 8.26. The Kier molecular flexibility index (Phi) is 17.1. The highest BCUT2D eigenvalue weighted by Gasteiger charge is 2.03. The van der Waals surface area contributed by atoms with Crippen molar-refractivity contribution in [3.05, 3.63) is 0 Å². The number of rotatable bonds is 6. The lowest BCUT2D eigenvalue weighted by atomic mass is 10.5. The van der Waals surface area contributed by atoms with Crippen LogP contribution in [0.3, 0.4) is 0 Å². The van der Waals surface area contributed by atoms with Gasteiger partial charge in [-0.15, -0.1) is 0 Å². The minimum Gasteiger partial charge on any atom is -0.291 e. The van der Waals surface area contributed by atoms with Gasteiger partial charge in [-0.3, -0.25) is 9.80 Å². The first-order chi connectivity index (χ1) is 5.28. The molecule has 0 heterocycles. The summed E-state index contributed by atoms with van der Waals surface area (Å²) < 4.78 is 0. The minimum atomic E-state index is 0. The average molecular weight is 190 g/mol. The highest BCUT2D eigenvalue weighted by atomic mass is 15.3. The molecular weight excluding hydrogens is 160 g/mol. The van der Waals surface area contributed by atoms with Crippen molar-refractivity contribution in [2.75, 3.05) is 32.8 Å². The van der Waals surface area contributed by atoms with Gasteiger partial charge in [-0.25, -0.2) is 0 Å². The van der Waals surface area contributed by atoms with Crippen LogP contribution >= 0.6 is 0 Å². The zero-order chi connectivity index (χ0) is 8.69. The fourth-order valence-electron chi connectivity index (χ4n) is 1.13. The Bertz CT molecular complexity index is 66.2. The van der Waals surface area contributed by atoms with Gasteiger partial charge >= 0.3 is 0 Å². The van der Waals surface area contributed by atoms with Gasteiger partial charge in [0.15, 0.2) is 0 Å². The summed E-state index contributed by atoms with van der Waals surface area (Å²) in [6.45, 7) is 14.6. The summed E-state index contributed by atoms with van der Waals surface area (Å²) in [5, 5.41) is 0. The van der Waals surface area contributed by atoms with Crippen molar-refractivity contribution >= 4 is 0 Å². The molecule has 0 unspecified atom stereocenters. The van der Waals surface area contributed by atoms with Gasteiger partial charge < -0.3 is 0 Å². The van der Waals surface area contributed by atoms with Crippen molar-refractivity contribution < 1.29 is 0 Å².